The zero-order chi connectivity index (χ0) is 46.1. The molecule has 7 amide bonds. The predicted octanol–water partition coefficient (Wildman–Crippen LogP) is 2.94. The standard InChI is InChI=1S/C45H58ClN7O10/c1-4-27(2)39-42(59)49-35(21-15-28-13-18-31(54)19-14-28)43(60)53(3)26-38(56)48-34(20-16-30-17-22-37(55)32(46)24-30)40(57)47-23-9-8-12-33(41(58)52-39)50-45(63)51-36(44(61)62)25-29-10-6-5-7-11-29/h5-7,10-11,13-14,17-19,22,24,27,33-36,39,54-55H,4,8-9,12,15-16,20-21,23,25-26H2,1-3H3,(H,47,57)(H,48,56)(H,49,59)(H,52,58)(H,61,62)(H2,50,51,63). The highest BCUT2D eigenvalue weighted by atomic mass is 35.5. The van der Waals surface area contributed by atoms with Crippen molar-refractivity contribution in [2.24, 2.45) is 5.92 Å². The maximum Gasteiger partial charge on any atom is 0.326 e. The highest BCUT2D eigenvalue weighted by Gasteiger charge is 2.34. The van der Waals surface area contributed by atoms with Crippen LogP contribution in [0.25, 0.3) is 0 Å². The molecule has 1 aliphatic rings. The predicted molar refractivity (Wildman–Crippen MR) is 235 cm³/mol. The van der Waals surface area contributed by atoms with E-state index in [4.69, 9.17) is 11.6 Å². The number of carbonyl (C=O) groups is 7. The number of nitrogens with one attached hydrogen (secondary N) is 6. The Morgan fingerprint density at radius 2 is 1.49 bits per heavy atom. The molecule has 3 aromatic carbocycles. The number of halogens is 1. The van der Waals surface area contributed by atoms with Crippen LogP contribution in [-0.2, 0) is 48.0 Å². The molecule has 0 radical (unpaired) electrons. The highest BCUT2D eigenvalue weighted by Crippen LogP contribution is 2.24. The first-order valence-electron chi connectivity index (χ1n) is 21.1. The van der Waals surface area contributed by atoms with Crippen LogP contribution in [-0.4, -0.2) is 112 Å². The molecule has 4 rings (SSSR count). The molecule has 1 heterocycles. The van der Waals surface area contributed by atoms with E-state index in [-0.39, 0.29) is 68.0 Å². The minimum absolute atomic E-state index is 0.0254. The van der Waals surface area contributed by atoms with Crippen molar-refractivity contribution < 1.29 is 48.9 Å². The molecular weight excluding hydrogens is 834 g/mol. The van der Waals surface area contributed by atoms with E-state index in [1.165, 1.54) is 25.2 Å². The smallest absolute Gasteiger partial charge is 0.326 e. The number of carboxylic acids is 1. The third-order valence-corrected chi connectivity index (χ3v) is 11.2. The van der Waals surface area contributed by atoms with Gasteiger partial charge in [0, 0.05) is 20.0 Å². The summed E-state index contributed by atoms with van der Waals surface area (Å²) in [6.07, 6.45) is 1.81. The summed E-state index contributed by atoms with van der Waals surface area (Å²) in [7, 11) is 1.39. The summed E-state index contributed by atoms with van der Waals surface area (Å²) >= 11 is 6.10. The molecule has 1 fully saturated rings. The number of phenolic OH excluding ortho intramolecular Hbond substituents is 2. The first-order valence-corrected chi connectivity index (χ1v) is 21.4. The summed E-state index contributed by atoms with van der Waals surface area (Å²) in [5, 5.41) is 45.8. The van der Waals surface area contributed by atoms with Gasteiger partial charge >= 0.3 is 12.0 Å². The number of carboxylic acid groups (broad SMARTS) is 1. The van der Waals surface area contributed by atoms with Crippen LogP contribution >= 0.6 is 11.6 Å². The van der Waals surface area contributed by atoms with Crippen molar-refractivity contribution in [3.05, 3.63) is 94.5 Å². The van der Waals surface area contributed by atoms with Crippen LogP contribution in [0.2, 0.25) is 5.02 Å². The SMILES string of the molecule is CCC(C)C1NC(=O)C(NC(=O)NC(Cc2ccccc2)C(=O)O)CCCCNC(=O)C(CCc2ccc(O)c(Cl)c2)NC(=O)CN(C)C(=O)C(CCc2ccc(O)cc2)NC1=O. The number of nitrogens with zero attached hydrogens (tertiary/aromatic N) is 1. The second kappa shape index (κ2) is 24.3. The number of rotatable bonds is 13. The number of benzene rings is 3. The number of aromatic hydroxyl groups is 2. The van der Waals surface area contributed by atoms with Gasteiger partial charge in [0.05, 0.1) is 11.6 Å². The van der Waals surface area contributed by atoms with Gasteiger partial charge in [-0.1, -0.05) is 80.4 Å². The number of aryl methyl sites for hydroxylation is 2. The number of urea groups is 1. The Morgan fingerprint density at radius 1 is 0.825 bits per heavy atom. The van der Waals surface area contributed by atoms with E-state index in [0.29, 0.717) is 24.0 Å². The Bertz CT molecular complexity index is 2060. The quantitative estimate of drug-likeness (QED) is 0.121. The number of aliphatic carboxylic acids is 1. The van der Waals surface area contributed by atoms with Gasteiger partial charge < -0.3 is 52.1 Å². The van der Waals surface area contributed by atoms with Crippen molar-refractivity contribution in [2.45, 2.75) is 102 Å². The fourth-order valence-corrected chi connectivity index (χ4v) is 7.22. The average Bonchev–Trinajstić information content (AvgIpc) is 3.25. The first kappa shape index (κ1) is 49.3. The van der Waals surface area contributed by atoms with Crippen LogP contribution in [0, 0.1) is 5.92 Å². The Labute approximate surface area is 371 Å². The van der Waals surface area contributed by atoms with Gasteiger partial charge in [0.25, 0.3) is 0 Å². The summed E-state index contributed by atoms with van der Waals surface area (Å²) in [6, 6.07) is 12.7. The number of phenols is 2. The van der Waals surface area contributed by atoms with Crippen molar-refractivity contribution in [2.75, 3.05) is 20.1 Å². The van der Waals surface area contributed by atoms with Crippen molar-refractivity contribution >= 4 is 53.1 Å². The zero-order valence-corrected chi connectivity index (χ0v) is 36.5. The molecule has 63 heavy (non-hydrogen) atoms. The van der Waals surface area contributed by atoms with E-state index in [1.807, 2.05) is 6.92 Å². The number of hydrogen-bond donors (Lipinski definition) is 9. The third kappa shape index (κ3) is 15.8. The molecular formula is C45H58ClN7O10. The molecule has 6 atom stereocenters. The molecule has 6 unspecified atom stereocenters. The average molecular weight is 892 g/mol. The lowest BCUT2D eigenvalue weighted by Crippen LogP contribution is -2.60. The molecule has 0 bridgehead atoms. The number of carbonyl (C=O) groups excluding carboxylic acids is 6. The molecule has 17 nitrogen and oxygen atoms in total. The minimum Gasteiger partial charge on any atom is -0.508 e. The van der Waals surface area contributed by atoms with E-state index < -0.39 is 84.2 Å². The topological polar surface area (TPSA) is 256 Å². The Kier molecular flexibility index (Phi) is 19.0. The zero-order valence-electron chi connectivity index (χ0n) is 35.7. The Hall–Kier alpha value is -6.36. The van der Waals surface area contributed by atoms with Crippen molar-refractivity contribution in [1.29, 1.82) is 0 Å². The second-order valence-corrected chi connectivity index (χ2v) is 16.2. The fraction of sp³-hybridized carbons (Fsp3) is 0.444. The molecule has 0 aliphatic carbocycles. The first-order chi connectivity index (χ1) is 30.0. The summed E-state index contributed by atoms with van der Waals surface area (Å²) in [5.74, 6) is -4.99. The van der Waals surface area contributed by atoms with Crippen LogP contribution in [0.15, 0.2) is 72.8 Å². The number of hydrogen-bond acceptors (Lipinski definition) is 9. The van der Waals surface area contributed by atoms with Gasteiger partial charge in [-0.3, -0.25) is 24.0 Å². The molecule has 340 valence electrons. The lowest BCUT2D eigenvalue weighted by Gasteiger charge is -2.30. The van der Waals surface area contributed by atoms with Crippen LogP contribution in [0.3, 0.4) is 0 Å². The largest absolute Gasteiger partial charge is 0.508 e. The van der Waals surface area contributed by atoms with E-state index in [9.17, 15) is 48.9 Å². The molecule has 0 spiro atoms. The molecule has 0 saturated carbocycles. The molecule has 9 N–H and O–H groups in total. The Morgan fingerprint density at radius 3 is 2.16 bits per heavy atom. The Balaban J connectivity index is 1.62. The number of amides is 7. The molecule has 3 aromatic rings. The third-order valence-electron chi connectivity index (χ3n) is 10.9. The molecule has 1 saturated heterocycles. The summed E-state index contributed by atoms with van der Waals surface area (Å²) in [5.41, 5.74) is 2.11. The van der Waals surface area contributed by atoms with Crippen LogP contribution < -0.4 is 31.9 Å². The van der Waals surface area contributed by atoms with Crippen molar-refractivity contribution in [1.82, 2.24) is 36.8 Å². The number of likely N-dealkylation sites (N-methyl/N-ethyl adjacent to an activating group) is 1. The van der Waals surface area contributed by atoms with E-state index in [0.717, 1.165) is 10.5 Å². The molecule has 18 heteroatoms. The van der Waals surface area contributed by atoms with E-state index in [2.05, 4.69) is 31.9 Å². The van der Waals surface area contributed by atoms with Gasteiger partial charge in [-0.05, 0) is 91.8 Å². The van der Waals surface area contributed by atoms with Gasteiger partial charge in [-0.25, -0.2) is 9.59 Å². The summed E-state index contributed by atoms with van der Waals surface area (Å²) in [6.45, 7) is 3.22. The molecule has 0 aromatic heterocycles. The lowest BCUT2D eigenvalue weighted by molar-refractivity contribution is -0.140. The van der Waals surface area contributed by atoms with Gasteiger partial charge in [0.2, 0.25) is 29.5 Å². The molecule has 1 aliphatic heterocycles. The fourth-order valence-electron chi connectivity index (χ4n) is 7.02. The van der Waals surface area contributed by atoms with E-state index >= 15 is 0 Å². The van der Waals surface area contributed by atoms with Gasteiger partial charge in [0.1, 0.15) is 41.7 Å². The van der Waals surface area contributed by atoms with Crippen molar-refractivity contribution in [3.63, 3.8) is 0 Å². The normalized spacial score (nSPS) is 20.6. The maximum atomic E-state index is 14.2. The van der Waals surface area contributed by atoms with Crippen LogP contribution in [0.4, 0.5) is 4.79 Å². The van der Waals surface area contributed by atoms with Gasteiger partial charge in [-0.2, -0.15) is 0 Å². The van der Waals surface area contributed by atoms with Crippen LogP contribution in [0.5, 0.6) is 11.5 Å². The second-order valence-electron chi connectivity index (χ2n) is 15.8. The van der Waals surface area contributed by atoms with Gasteiger partial charge in [0.15, 0.2) is 0 Å². The van der Waals surface area contributed by atoms with E-state index in [1.54, 1.807) is 61.5 Å². The summed E-state index contributed by atoms with van der Waals surface area (Å²) in [4.78, 5) is 96.1. The highest BCUT2D eigenvalue weighted by molar-refractivity contribution is 6.32. The summed E-state index contributed by atoms with van der Waals surface area (Å²) < 4.78 is 0. The monoisotopic (exact) mass is 891 g/mol. The minimum atomic E-state index is -1.33. The lowest BCUT2D eigenvalue weighted by atomic mass is 9.96. The maximum absolute atomic E-state index is 14.2. The van der Waals surface area contributed by atoms with Crippen molar-refractivity contribution in [3.8, 4) is 11.5 Å². The van der Waals surface area contributed by atoms with Gasteiger partial charge in [-0.15, -0.1) is 0 Å². The van der Waals surface area contributed by atoms with Crippen LogP contribution in [0.1, 0.15) is 69.1 Å².